The van der Waals surface area contributed by atoms with E-state index in [0.29, 0.717) is 6.54 Å². The number of hydrogen-bond donors (Lipinski definition) is 1. The normalized spacial score (nSPS) is 10.7. The molecule has 1 nitrogen and oxygen atoms in total. The van der Waals surface area contributed by atoms with Gasteiger partial charge in [0.25, 0.3) is 0 Å². The Morgan fingerprint density at radius 2 is 1.83 bits per heavy atom. The zero-order chi connectivity index (χ0) is 12.4. The van der Waals surface area contributed by atoms with Gasteiger partial charge in [0.2, 0.25) is 0 Å². The summed E-state index contributed by atoms with van der Waals surface area (Å²) in [5.74, 6) is -0.196. The van der Waals surface area contributed by atoms with Gasteiger partial charge in [0, 0.05) is 16.9 Å². The average Bonchev–Trinajstić information content (AvgIpc) is 2.85. The first-order chi connectivity index (χ1) is 8.81. The summed E-state index contributed by atoms with van der Waals surface area (Å²) in [6.45, 7) is 0.704. The zero-order valence-corrected chi connectivity index (χ0v) is 10.5. The van der Waals surface area contributed by atoms with Gasteiger partial charge in [-0.1, -0.05) is 12.1 Å². The summed E-state index contributed by atoms with van der Waals surface area (Å²) >= 11 is 1.74. The Morgan fingerprint density at radius 1 is 1.00 bits per heavy atom. The average molecular weight is 257 g/mol. The molecule has 0 saturated carbocycles. The van der Waals surface area contributed by atoms with Gasteiger partial charge in [-0.25, -0.2) is 4.39 Å². The van der Waals surface area contributed by atoms with Gasteiger partial charge >= 0.3 is 0 Å². The summed E-state index contributed by atoms with van der Waals surface area (Å²) in [5, 5.41) is 6.69. The van der Waals surface area contributed by atoms with Crippen LogP contribution in [0.5, 0.6) is 0 Å². The molecule has 3 rings (SSSR count). The van der Waals surface area contributed by atoms with Crippen molar-refractivity contribution in [3.05, 3.63) is 65.3 Å². The highest BCUT2D eigenvalue weighted by Gasteiger charge is 1.98. The zero-order valence-electron chi connectivity index (χ0n) is 9.69. The Morgan fingerprint density at radius 3 is 2.67 bits per heavy atom. The Labute approximate surface area is 109 Å². The summed E-state index contributed by atoms with van der Waals surface area (Å²) in [4.78, 5) is 0. The lowest BCUT2D eigenvalue weighted by atomic mass is 10.2. The first-order valence-corrected chi connectivity index (χ1v) is 6.65. The van der Waals surface area contributed by atoms with Crippen LogP contribution in [0.15, 0.2) is 53.9 Å². The van der Waals surface area contributed by atoms with Crippen LogP contribution in [0.25, 0.3) is 10.1 Å². The van der Waals surface area contributed by atoms with Crippen LogP contribution in [0.2, 0.25) is 0 Å². The van der Waals surface area contributed by atoms with Gasteiger partial charge in [0.05, 0.1) is 0 Å². The predicted octanol–water partition coefficient (Wildman–Crippen LogP) is 4.65. The molecule has 0 amide bonds. The molecule has 0 unspecified atom stereocenters. The summed E-state index contributed by atoms with van der Waals surface area (Å²) in [6, 6.07) is 15.0. The summed E-state index contributed by atoms with van der Waals surface area (Å²) in [5.41, 5.74) is 2.16. The summed E-state index contributed by atoms with van der Waals surface area (Å²) in [7, 11) is 0. The molecule has 0 spiro atoms. The molecule has 1 heterocycles. The SMILES string of the molecule is Fc1ccc(CNc2ccc3sccc3c2)cc1. The topological polar surface area (TPSA) is 12.0 Å². The maximum atomic E-state index is 12.8. The van der Waals surface area contributed by atoms with Crippen LogP contribution < -0.4 is 5.32 Å². The summed E-state index contributed by atoms with van der Waals surface area (Å²) in [6.07, 6.45) is 0. The van der Waals surface area contributed by atoms with Gasteiger partial charge in [-0.3, -0.25) is 0 Å². The smallest absolute Gasteiger partial charge is 0.123 e. The van der Waals surface area contributed by atoms with Crippen LogP contribution in [0.1, 0.15) is 5.56 Å². The Hall–Kier alpha value is -1.87. The second-order valence-electron chi connectivity index (χ2n) is 4.15. The van der Waals surface area contributed by atoms with Crippen molar-refractivity contribution in [1.29, 1.82) is 0 Å². The maximum Gasteiger partial charge on any atom is 0.123 e. The molecule has 18 heavy (non-hydrogen) atoms. The molecule has 2 aromatic carbocycles. The number of fused-ring (bicyclic) bond motifs is 1. The Kier molecular flexibility index (Phi) is 2.99. The molecule has 0 atom stereocenters. The van der Waals surface area contributed by atoms with E-state index in [0.717, 1.165) is 11.3 Å². The van der Waals surface area contributed by atoms with Crippen LogP contribution in [0.3, 0.4) is 0 Å². The second-order valence-corrected chi connectivity index (χ2v) is 5.10. The monoisotopic (exact) mass is 257 g/mol. The van der Waals surface area contributed by atoms with Crippen LogP contribution in [-0.4, -0.2) is 0 Å². The van der Waals surface area contributed by atoms with Crippen molar-refractivity contribution in [2.24, 2.45) is 0 Å². The molecule has 3 heteroatoms. The number of nitrogens with one attached hydrogen (secondary N) is 1. The van der Waals surface area contributed by atoms with Gasteiger partial charge in [-0.2, -0.15) is 0 Å². The summed E-state index contributed by atoms with van der Waals surface area (Å²) < 4.78 is 14.1. The number of rotatable bonds is 3. The van der Waals surface area contributed by atoms with Gasteiger partial charge < -0.3 is 5.32 Å². The third kappa shape index (κ3) is 2.36. The van der Waals surface area contributed by atoms with Crippen LogP contribution in [0.4, 0.5) is 10.1 Å². The van der Waals surface area contributed by atoms with Crippen molar-refractivity contribution in [2.75, 3.05) is 5.32 Å². The molecule has 90 valence electrons. The predicted molar refractivity (Wildman–Crippen MR) is 75.6 cm³/mol. The number of thiophene rings is 1. The van der Waals surface area contributed by atoms with Crippen LogP contribution >= 0.6 is 11.3 Å². The molecule has 0 saturated heterocycles. The van der Waals surface area contributed by atoms with Crippen molar-refractivity contribution in [2.45, 2.75) is 6.54 Å². The number of hydrogen-bond acceptors (Lipinski definition) is 2. The molecular formula is C15H12FNS. The van der Waals surface area contributed by atoms with E-state index in [9.17, 15) is 4.39 Å². The second kappa shape index (κ2) is 4.78. The van der Waals surface area contributed by atoms with E-state index in [1.165, 1.54) is 22.2 Å². The van der Waals surface area contributed by atoms with E-state index in [1.54, 1.807) is 23.5 Å². The third-order valence-electron chi connectivity index (χ3n) is 2.86. The largest absolute Gasteiger partial charge is 0.381 e. The number of anilines is 1. The first-order valence-electron chi connectivity index (χ1n) is 5.77. The molecule has 0 bridgehead atoms. The fraction of sp³-hybridized carbons (Fsp3) is 0.0667. The number of halogens is 1. The molecule has 0 radical (unpaired) electrons. The maximum absolute atomic E-state index is 12.8. The van der Waals surface area contributed by atoms with E-state index in [2.05, 4.69) is 35.0 Å². The highest BCUT2D eigenvalue weighted by Crippen LogP contribution is 2.24. The minimum atomic E-state index is -0.196. The highest BCUT2D eigenvalue weighted by atomic mass is 32.1. The molecule has 0 aliphatic carbocycles. The lowest BCUT2D eigenvalue weighted by Crippen LogP contribution is -1.98. The standard InChI is InChI=1S/C15H12FNS/c16-13-3-1-11(2-4-13)10-17-14-5-6-15-12(9-14)7-8-18-15/h1-9,17H,10H2. The number of benzene rings is 2. The minimum Gasteiger partial charge on any atom is -0.381 e. The van der Waals surface area contributed by atoms with Crippen LogP contribution in [-0.2, 0) is 6.54 Å². The van der Waals surface area contributed by atoms with E-state index in [-0.39, 0.29) is 5.82 Å². The lowest BCUT2D eigenvalue weighted by Gasteiger charge is -2.06. The van der Waals surface area contributed by atoms with Crippen molar-refractivity contribution in [3.8, 4) is 0 Å². The van der Waals surface area contributed by atoms with E-state index >= 15 is 0 Å². The lowest BCUT2D eigenvalue weighted by molar-refractivity contribution is 0.627. The molecular weight excluding hydrogens is 245 g/mol. The van der Waals surface area contributed by atoms with E-state index < -0.39 is 0 Å². The van der Waals surface area contributed by atoms with Gasteiger partial charge in [0.1, 0.15) is 5.82 Å². The van der Waals surface area contributed by atoms with Crippen molar-refractivity contribution >= 4 is 27.1 Å². The molecule has 1 aromatic heterocycles. The highest BCUT2D eigenvalue weighted by molar-refractivity contribution is 7.17. The van der Waals surface area contributed by atoms with Crippen LogP contribution in [0, 0.1) is 5.82 Å². The molecule has 0 fully saturated rings. The fourth-order valence-electron chi connectivity index (χ4n) is 1.88. The van der Waals surface area contributed by atoms with Crippen molar-refractivity contribution in [1.82, 2.24) is 0 Å². The van der Waals surface area contributed by atoms with Gasteiger partial charge in [0.15, 0.2) is 0 Å². The minimum absolute atomic E-state index is 0.196. The van der Waals surface area contributed by atoms with E-state index in [4.69, 9.17) is 0 Å². The molecule has 3 aromatic rings. The van der Waals surface area contributed by atoms with E-state index in [1.807, 2.05) is 0 Å². The fourth-order valence-corrected chi connectivity index (χ4v) is 2.65. The third-order valence-corrected chi connectivity index (χ3v) is 3.76. The van der Waals surface area contributed by atoms with Crippen molar-refractivity contribution < 1.29 is 4.39 Å². The molecule has 0 aliphatic rings. The van der Waals surface area contributed by atoms with Gasteiger partial charge in [-0.15, -0.1) is 11.3 Å². The molecule has 1 N–H and O–H groups in total. The Balaban J connectivity index is 1.74. The quantitative estimate of drug-likeness (QED) is 0.720. The first kappa shape index (κ1) is 11.2. The van der Waals surface area contributed by atoms with Crippen molar-refractivity contribution in [3.63, 3.8) is 0 Å². The van der Waals surface area contributed by atoms with Gasteiger partial charge in [-0.05, 0) is 52.7 Å². The molecule has 0 aliphatic heterocycles. The Bertz CT molecular complexity index is 658.